The molecule has 0 N–H and O–H groups in total. The topological polar surface area (TPSA) is 88.5 Å². The smallest absolute Gasteiger partial charge is 0.300 e. The summed E-state index contributed by atoms with van der Waals surface area (Å²) in [5.41, 5.74) is 3.88. The summed E-state index contributed by atoms with van der Waals surface area (Å²) >= 11 is 0. The van der Waals surface area contributed by atoms with Crippen LogP contribution in [0.4, 0.5) is 6.01 Å². The third-order valence-corrected chi connectivity index (χ3v) is 4.79. The number of nitrogens with zero attached hydrogens (tertiary/aromatic N) is 5. The quantitative estimate of drug-likeness (QED) is 0.710. The summed E-state index contributed by atoms with van der Waals surface area (Å²) in [6.07, 6.45) is 0.327. The molecule has 0 aromatic carbocycles. The van der Waals surface area contributed by atoms with Crippen LogP contribution >= 0.6 is 0 Å². The van der Waals surface area contributed by atoms with Crippen molar-refractivity contribution in [3.63, 3.8) is 0 Å². The highest BCUT2D eigenvalue weighted by Crippen LogP contribution is 2.22. The van der Waals surface area contributed by atoms with Gasteiger partial charge in [0.2, 0.25) is 11.6 Å². The number of aromatic nitrogens is 3. The summed E-state index contributed by atoms with van der Waals surface area (Å²) < 4.78 is 10.9. The molecule has 0 saturated carbocycles. The molecule has 1 aliphatic heterocycles. The molecule has 136 valence electrons. The summed E-state index contributed by atoms with van der Waals surface area (Å²) in [5, 5.41) is 3.91. The Bertz CT molecular complexity index is 934. The number of fused-ring (bicyclic) bond motifs is 1. The van der Waals surface area contributed by atoms with E-state index in [4.69, 9.17) is 8.94 Å². The van der Waals surface area contributed by atoms with Crippen molar-refractivity contribution >= 4 is 23.2 Å². The van der Waals surface area contributed by atoms with Crippen LogP contribution in [-0.4, -0.2) is 52.1 Å². The number of carbonyl (C=O) groups excluding carboxylic acids is 1. The molecule has 1 saturated heterocycles. The normalized spacial score (nSPS) is 15.0. The molecule has 8 nitrogen and oxygen atoms in total. The van der Waals surface area contributed by atoms with Crippen LogP contribution in [0.15, 0.2) is 21.1 Å². The van der Waals surface area contributed by atoms with E-state index in [1.807, 2.05) is 37.8 Å². The minimum atomic E-state index is 0.0916. The predicted molar refractivity (Wildman–Crippen MR) is 95.0 cm³/mol. The fraction of sp³-hybridized carbons (Fsp3) is 0.444. The van der Waals surface area contributed by atoms with Crippen molar-refractivity contribution < 1.29 is 13.7 Å². The Balaban J connectivity index is 1.41. The summed E-state index contributed by atoms with van der Waals surface area (Å²) in [6.45, 7) is 8.25. The fourth-order valence-corrected chi connectivity index (χ4v) is 3.20. The molecule has 0 unspecified atom stereocenters. The molecular formula is C18H21N5O3. The van der Waals surface area contributed by atoms with Crippen molar-refractivity contribution in [2.45, 2.75) is 27.2 Å². The van der Waals surface area contributed by atoms with Crippen molar-refractivity contribution in [1.29, 1.82) is 0 Å². The lowest BCUT2D eigenvalue weighted by Crippen LogP contribution is -2.49. The van der Waals surface area contributed by atoms with Gasteiger partial charge in [0.1, 0.15) is 5.76 Å². The molecule has 26 heavy (non-hydrogen) atoms. The molecule has 0 spiro atoms. The number of amides is 1. The molecule has 3 aromatic heterocycles. The van der Waals surface area contributed by atoms with Gasteiger partial charge in [0.05, 0.1) is 12.1 Å². The molecule has 4 rings (SSSR count). The Morgan fingerprint density at radius 3 is 2.58 bits per heavy atom. The van der Waals surface area contributed by atoms with Gasteiger partial charge in [-0.25, -0.2) is 4.98 Å². The minimum Gasteiger partial charge on any atom is -0.422 e. The average Bonchev–Trinajstić information content (AvgIpc) is 3.19. The van der Waals surface area contributed by atoms with E-state index < -0.39 is 0 Å². The molecule has 1 aliphatic rings. The third kappa shape index (κ3) is 3.02. The summed E-state index contributed by atoms with van der Waals surface area (Å²) in [5.74, 6) is 0.803. The van der Waals surface area contributed by atoms with E-state index in [-0.39, 0.29) is 5.91 Å². The molecule has 0 atom stereocenters. The van der Waals surface area contributed by atoms with Crippen molar-refractivity contribution in [2.24, 2.45) is 0 Å². The first kappa shape index (κ1) is 16.6. The molecular weight excluding hydrogens is 334 g/mol. The van der Waals surface area contributed by atoms with Crippen LogP contribution in [-0.2, 0) is 11.2 Å². The monoisotopic (exact) mass is 355 g/mol. The Morgan fingerprint density at radius 1 is 1.12 bits per heavy atom. The van der Waals surface area contributed by atoms with Gasteiger partial charge in [0.25, 0.3) is 6.01 Å². The van der Waals surface area contributed by atoms with Gasteiger partial charge >= 0.3 is 0 Å². The van der Waals surface area contributed by atoms with Crippen LogP contribution in [0.1, 0.15) is 22.7 Å². The van der Waals surface area contributed by atoms with Gasteiger partial charge in [-0.05, 0) is 32.9 Å². The van der Waals surface area contributed by atoms with E-state index in [2.05, 4.69) is 20.0 Å². The Labute approximate surface area is 150 Å². The minimum absolute atomic E-state index is 0.0916. The highest BCUT2D eigenvalue weighted by atomic mass is 16.5. The first-order valence-electron chi connectivity index (χ1n) is 8.70. The molecule has 0 bridgehead atoms. The fourth-order valence-electron chi connectivity index (χ4n) is 3.20. The number of pyridine rings is 1. The SMILES string of the molecule is Cc1ccc2oc(N3CCN(C(=O)Cc4c(C)noc4C)CC3)nc2n1. The zero-order valence-corrected chi connectivity index (χ0v) is 15.2. The van der Waals surface area contributed by atoms with Crippen LogP contribution in [0.3, 0.4) is 0 Å². The second-order valence-electron chi connectivity index (χ2n) is 6.62. The third-order valence-electron chi connectivity index (χ3n) is 4.79. The van der Waals surface area contributed by atoms with E-state index in [1.165, 1.54) is 0 Å². The van der Waals surface area contributed by atoms with E-state index >= 15 is 0 Å². The number of anilines is 1. The van der Waals surface area contributed by atoms with Gasteiger partial charge in [-0.15, -0.1) is 0 Å². The van der Waals surface area contributed by atoms with E-state index in [0.29, 0.717) is 55.6 Å². The zero-order valence-electron chi connectivity index (χ0n) is 15.2. The molecule has 8 heteroatoms. The van der Waals surface area contributed by atoms with Crippen molar-refractivity contribution in [2.75, 3.05) is 31.1 Å². The Kier molecular flexibility index (Phi) is 4.10. The maximum atomic E-state index is 12.6. The first-order valence-corrected chi connectivity index (χ1v) is 8.70. The van der Waals surface area contributed by atoms with Crippen molar-refractivity contribution in [1.82, 2.24) is 20.0 Å². The van der Waals surface area contributed by atoms with Crippen LogP contribution < -0.4 is 4.90 Å². The van der Waals surface area contributed by atoms with Crippen LogP contribution in [0.5, 0.6) is 0 Å². The van der Waals surface area contributed by atoms with Gasteiger partial charge in [0, 0.05) is 37.4 Å². The van der Waals surface area contributed by atoms with E-state index in [1.54, 1.807) is 0 Å². The molecule has 1 amide bonds. The number of rotatable bonds is 3. The highest BCUT2D eigenvalue weighted by Gasteiger charge is 2.25. The zero-order chi connectivity index (χ0) is 18.3. The van der Waals surface area contributed by atoms with E-state index in [9.17, 15) is 4.79 Å². The summed E-state index contributed by atoms with van der Waals surface area (Å²) in [4.78, 5) is 25.4. The van der Waals surface area contributed by atoms with Gasteiger partial charge in [-0.1, -0.05) is 5.16 Å². The molecule has 0 radical (unpaired) electrons. The predicted octanol–water partition coefficient (Wildman–Crippen LogP) is 2.03. The lowest BCUT2D eigenvalue weighted by molar-refractivity contribution is -0.130. The van der Waals surface area contributed by atoms with Gasteiger partial charge in [0.15, 0.2) is 5.58 Å². The van der Waals surface area contributed by atoms with E-state index in [0.717, 1.165) is 17.0 Å². The number of aryl methyl sites for hydroxylation is 3. The Hall–Kier alpha value is -2.90. The van der Waals surface area contributed by atoms with Crippen LogP contribution in [0.2, 0.25) is 0 Å². The lowest BCUT2D eigenvalue weighted by Gasteiger charge is -2.33. The second kappa shape index (κ2) is 6.44. The number of piperazine rings is 1. The molecule has 4 heterocycles. The summed E-state index contributed by atoms with van der Waals surface area (Å²) in [7, 11) is 0. The average molecular weight is 355 g/mol. The second-order valence-corrected chi connectivity index (χ2v) is 6.62. The highest BCUT2D eigenvalue weighted by molar-refractivity contribution is 5.79. The standard InChI is InChI=1S/C18H21N5O3/c1-11-4-5-15-17(19-11)20-18(25-15)23-8-6-22(7-9-23)16(24)10-14-12(2)21-26-13(14)3/h4-5H,6-10H2,1-3H3. The van der Waals surface area contributed by atoms with Crippen LogP contribution in [0.25, 0.3) is 11.2 Å². The van der Waals surface area contributed by atoms with Gasteiger partial charge < -0.3 is 18.7 Å². The first-order chi connectivity index (χ1) is 12.5. The van der Waals surface area contributed by atoms with Crippen LogP contribution in [0, 0.1) is 20.8 Å². The number of carbonyl (C=O) groups is 1. The molecule has 1 fully saturated rings. The number of hydrogen-bond acceptors (Lipinski definition) is 7. The van der Waals surface area contributed by atoms with Crippen molar-refractivity contribution in [3.05, 3.63) is 34.8 Å². The largest absolute Gasteiger partial charge is 0.422 e. The number of oxazole rings is 1. The summed E-state index contributed by atoms with van der Waals surface area (Å²) in [6, 6.07) is 4.36. The maximum absolute atomic E-state index is 12.6. The molecule has 3 aromatic rings. The van der Waals surface area contributed by atoms with Gasteiger partial charge in [-0.2, -0.15) is 4.98 Å². The van der Waals surface area contributed by atoms with Crippen molar-refractivity contribution in [3.8, 4) is 0 Å². The molecule has 0 aliphatic carbocycles. The van der Waals surface area contributed by atoms with Gasteiger partial charge in [-0.3, -0.25) is 4.79 Å². The number of hydrogen-bond donors (Lipinski definition) is 0. The maximum Gasteiger partial charge on any atom is 0.300 e. The Morgan fingerprint density at radius 2 is 1.88 bits per heavy atom. The lowest BCUT2D eigenvalue weighted by atomic mass is 10.1.